The van der Waals surface area contributed by atoms with E-state index < -0.39 is 4.92 Å². The van der Waals surface area contributed by atoms with Crippen molar-refractivity contribution in [3.8, 4) is 0 Å². The predicted octanol–water partition coefficient (Wildman–Crippen LogP) is 2.70. The molecule has 1 N–H and O–H groups in total. The molecule has 0 bridgehead atoms. The predicted molar refractivity (Wildman–Crippen MR) is 77.0 cm³/mol. The Balaban J connectivity index is 2.28. The first-order chi connectivity index (χ1) is 9.60. The van der Waals surface area contributed by atoms with Gasteiger partial charge in [-0.3, -0.25) is 14.8 Å². The lowest BCUT2D eigenvalue weighted by Gasteiger charge is -2.06. The Bertz CT molecular complexity index is 614. The molecule has 0 unspecified atom stereocenters. The van der Waals surface area contributed by atoms with E-state index in [1.54, 1.807) is 30.2 Å². The fourth-order valence-corrected chi connectivity index (χ4v) is 2.48. The van der Waals surface area contributed by atoms with Crippen LogP contribution in [0.5, 0.6) is 0 Å². The van der Waals surface area contributed by atoms with Crippen LogP contribution in [-0.4, -0.2) is 26.2 Å². The molecule has 0 aliphatic carbocycles. The van der Waals surface area contributed by atoms with Gasteiger partial charge in [0, 0.05) is 25.9 Å². The van der Waals surface area contributed by atoms with Crippen molar-refractivity contribution < 1.29 is 4.92 Å². The molecule has 7 nitrogen and oxygen atoms in total. The number of aryl methyl sites for hydroxylation is 1. The number of pyridine rings is 1. The molecule has 2 aromatic heterocycles. The van der Waals surface area contributed by atoms with Gasteiger partial charge in [-0.1, -0.05) is 18.7 Å². The fourth-order valence-electron chi connectivity index (χ4n) is 1.56. The van der Waals surface area contributed by atoms with Crippen LogP contribution in [0.3, 0.4) is 0 Å². The molecule has 20 heavy (non-hydrogen) atoms. The molecule has 0 radical (unpaired) electrons. The maximum Gasteiger partial charge on any atom is 0.301 e. The van der Waals surface area contributed by atoms with Crippen molar-refractivity contribution in [2.45, 2.75) is 23.3 Å². The summed E-state index contributed by atoms with van der Waals surface area (Å²) in [6.07, 6.45) is 4.41. The van der Waals surface area contributed by atoms with Gasteiger partial charge in [-0.15, -0.1) is 0 Å². The standard InChI is InChI=1S/C12H15N5O2S/c1-3-6-13-11-5-4-10(17(18)19)12(15-11)20-9-7-14-16(2)8-9/h4-5,7-8H,3,6H2,1-2H3,(H,13,15). The SMILES string of the molecule is CCCNc1ccc([N+](=O)[O-])c(Sc2cnn(C)c2)n1. The smallest absolute Gasteiger partial charge is 0.301 e. The Morgan fingerprint density at radius 1 is 1.50 bits per heavy atom. The van der Waals surface area contributed by atoms with Crippen molar-refractivity contribution in [2.24, 2.45) is 7.05 Å². The second-order valence-corrected chi connectivity index (χ2v) is 5.22. The van der Waals surface area contributed by atoms with Crippen LogP contribution in [0.1, 0.15) is 13.3 Å². The van der Waals surface area contributed by atoms with Crippen molar-refractivity contribution in [3.63, 3.8) is 0 Å². The van der Waals surface area contributed by atoms with Gasteiger partial charge in [0.25, 0.3) is 0 Å². The highest BCUT2D eigenvalue weighted by atomic mass is 32.2. The van der Waals surface area contributed by atoms with E-state index in [0.29, 0.717) is 10.8 Å². The van der Waals surface area contributed by atoms with E-state index in [1.165, 1.54) is 17.8 Å². The summed E-state index contributed by atoms with van der Waals surface area (Å²) < 4.78 is 1.65. The summed E-state index contributed by atoms with van der Waals surface area (Å²) in [6.45, 7) is 2.82. The van der Waals surface area contributed by atoms with E-state index in [2.05, 4.69) is 15.4 Å². The van der Waals surface area contributed by atoms with Gasteiger partial charge in [-0.25, -0.2) is 4.98 Å². The van der Waals surface area contributed by atoms with Crippen molar-refractivity contribution in [3.05, 3.63) is 34.6 Å². The molecule has 0 aliphatic heterocycles. The van der Waals surface area contributed by atoms with Crippen LogP contribution in [0, 0.1) is 10.1 Å². The third-order valence-corrected chi connectivity index (χ3v) is 3.43. The largest absolute Gasteiger partial charge is 0.370 e. The monoisotopic (exact) mass is 293 g/mol. The van der Waals surface area contributed by atoms with Crippen LogP contribution < -0.4 is 5.32 Å². The summed E-state index contributed by atoms with van der Waals surface area (Å²) in [6, 6.07) is 3.10. The minimum Gasteiger partial charge on any atom is -0.370 e. The van der Waals surface area contributed by atoms with Crippen LogP contribution >= 0.6 is 11.8 Å². The van der Waals surface area contributed by atoms with Crippen LogP contribution in [0.25, 0.3) is 0 Å². The van der Waals surface area contributed by atoms with E-state index in [1.807, 2.05) is 6.92 Å². The third kappa shape index (κ3) is 3.47. The molecule has 8 heteroatoms. The molecule has 0 spiro atoms. The summed E-state index contributed by atoms with van der Waals surface area (Å²) in [5, 5.41) is 18.6. The zero-order valence-corrected chi connectivity index (χ0v) is 12.1. The number of hydrogen-bond donors (Lipinski definition) is 1. The average molecular weight is 293 g/mol. The number of hydrogen-bond acceptors (Lipinski definition) is 6. The van der Waals surface area contributed by atoms with Crippen LogP contribution in [0.4, 0.5) is 11.5 Å². The highest BCUT2D eigenvalue weighted by Gasteiger charge is 2.17. The number of nitro groups is 1. The lowest BCUT2D eigenvalue weighted by Crippen LogP contribution is -2.03. The number of anilines is 1. The van der Waals surface area contributed by atoms with Gasteiger partial charge >= 0.3 is 5.69 Å². The van der Waals surface area contributed by atoms with E-state index in [-0.39, 0.29) is 5.69 Å². The van der Waals surface area contributed by atoms with E-state index in [4.69, 9.17) is 0 Å². The molecular weight excluding hydrogens is 278 g/mol. The normalized spacial score (nSPS) is 10.5. The Labute approximate surface area is 120 Å². The molecule has 106 valence electrons. The van der Waals surface area contributed by atoms with Crippen LogP contribution in [-0.2, 0) is 7.05 Å². The summed E-state index contributed by atoms with van der Waals surface area (Å²) in [7, 11) is 1.80. The van der Waals surface area contributed by atoms with Gasteiger partial charge in [0.1, 0.15) is 5.82 Å². The second kappa shape index (κ2) is 6.38. The van der Waals surface area contributed by atoms with Gasteiger partial charge in [0.05, 0.1) is 16.0 Å². The number of aromatic nitrogens is 3. The zero-order chi connectivity index (χ0) is 14.5. The summed E-state index contributed by atoms with van der Waals surface area (Å²) in [4.78, 5) is 15.8. The maximum absolute atomic E-state index is 11.1. The first-order valence-electron chi connectivity index (χ1n) is 6.16. The topological polar surface area (TPSA) is 85.9 Å². The molecule has 0 aromatic carbocycles. The van der Waals surface area contributed by atoms with Gasteiger partial charge in [-0.2, -0.15) is 5.10 Å². The lowest BCUT2D eigenvalue weighted by atomic mass is 10.4. The van der Waals surface area contributed by atoms with E-state index in [9.17, 15) is 10.1 Å². The molecule has 0 fully saturated rings. The van der Waals surface area contributed by atoms with E-state index >= 15 is 0 Å². The van der Waals surface area contributed by atoms with Crippen LogP contribution in [0.15, 0.2) is 34.4 Å². The van der Waals surface area contributed by atoms with Gasteiger partial charge in [-0.05, 0) is 12.5 Å². The van der Waals surface area contributed by atoms with E-state index in [0.717, 1.165) is 17.9 Å². The molecule has 2 rings (SSSR count). The Morgan fingerprint density at radius 2 is 2.30 bits per heavy atom. The summed E-state index contributed by atoms with van der Waals surface area (Å²) in [5.74, 6) is 0.642. The minimum absolute atomic E-state index is 0.000835. The average Bonchev–Trinajstić information content (AvgIpc) is 2.81. The van der Waals surface area contributed by atoms with Crippen molar-refractivity contribution in [1.29, 1.82) is 0 Å². The zero-order valence-electron chi connectivity index (χ0n) is 11.2. The molecular formula is C12H15N5O2S. The van der Waals surface area contributed by atoms with Crippen LogP contribution in [0.2, 0.25) is 0 Å². The molecule has 0 saturated carbocycles. The van der Waals surface area contributed by atoms with Gasteiger partial charge in [0.15, 0.2) is 5.03 Å². The molecule has 2 heterocycles. The molecule has 0 atom stereocenters. The van der Waals surface area contributed by atoms with Crippen molar-refractivity contribution in [2.75, 3.05) is 11.9 Å². The van der Waals surface area contributed by atoms with Crippen molar-refractivity contribution in [1.82, 2.24) is 14.8 Å². The van der Waals surface area contributed by atoms with Gasteiger partial charge < -0.3 is 5.32 Å². The Kier molecular flexibility index (Phi) is 4.57. The quantitative estimate of drug-likeness (QED) is 0.651. The maximum atomic E-state index is 11.1. The Morgan fingerprint density at radius 3 is 2.90 bits per heavy atom. The highest BCUT2D eigenvalue weighted by molar-refractivity contribution is 7.99. The number of nitrogens with one attached hydrogen (secondary N) is 1. The third-order valence-electron chi connectivity index (χ3n) is 2.49. The molecule has 0 amide bonds. The number of nitrogens with zero attached hydrogens (tertiary/aromatic N) is 4. The van der Waals surface area contributed by atoms with Gasteiger partial charge in [0.2, 0.25) is 0 Å². The first-order valence-corrected chi connectivity index (χ1v) is 6.97. The second-order valence-electron chi connectivity index (χ2n) is 4.16. The number of rotatable bonds is 6. The minimum atomic E-state index is -0.421. The fraction of sp³-hybridized carbons (Fsp3) is 0.333. The molecule has 0 saturated heterocycles. The highest BCUT2D eigenvalue weighted by Crippen LogP contribution is 2.33. The summed E-state index contributed by atoms with van der Waals surface area (Å²) >= 11 is 1.23. The first kappa shape index (κ1) is 14.3. The lowest BCUT2D eigenvalue weighted by molar-refractivity contribution is -0.388. The molecule has 0 aliphatic rings. The van der Waals surface area contributed by atoms with Crippen molar-refractivity contribution >= 4 is 23.3 Å². The summed E-state index contributed by atoms with van der Waals surface area (Å²) in [5.41, 5.74) is 0.000835. The Hall–Kier alpha value is -2.09. The molecule has 2 aromatic rings.